The summed E-state index contributed by atoms with van der Waals surface area (Å²) in [5.41, 5.74) is 9.85. The minimum Gasteiger partial charge on any atom is -0.368 e. The molecule has 1 aliphatic rings. The maximum Gasteiger partial charge on any atom is 0.228 e. The van der Waals surface area contributed by atoms with Crippen LogP contribution in [0.5, 0.6) is 0 Å². The maximum atomic E-state index is 5.82. The highest BCUT2D eigenvalue weighted by atomic mass is 15.2. The number of fused-ring (bicyclic) bond motifs is 1. The molecule has 1 aliphatic carbocycles. The van der Waals surface area contributed by atoms with E-state index in [2.05, 4.69) is 66.2 Å². The average Bonchev–Trinajstić information content (AvgIpc) is 2.74. The van der Waals surface area contributed by atoms with E-state index in [-0.39, 0.29) is 17.9 Å². The first-order valence-electron chi connectivity index (χ1n) is 7.81. The summed E-state index contributed by atoms with van der Waals surface area (Å²) in [4.78, 5) is 13.0. The van der Waals surface area contributed by atoms with Crippen LogP contribution in [-0.4, -0.2) is 15.0 Å². The van der Waals surface area contributed by atoms with Crippen LogP contribution in [0.15, 0.2) is 18.2 Å². The lowest BCUT2D eigenvalue weighted by molar-refractivity contribution is 0.538. The van der Waals surface area contributed by atoms with Crippen molar-refractivity contribution in [2.45, 2.75) is 46.1 Å². The van der Waals surface area contributed by atoms with Crippen LogP contribution in [0.25, 0.3) is 0 Å². The molecule has 116 valence electrons. The van der Waals surface area contributed by atoms with E-state index in [1.165, 1.54) is 16.7 Å². The molecule has 1 aromatic carbocycles. The Labute approximate surface area is 131 Å². The Balaban J connectivity index is 1.92. The normalized spacial score (nSPS) is 20.2. The first kappa shape index (κ1) is 14.8. The number of hydrogen-bond acceptors (Lipinski definition) is 5. The van der Waals surface area contributed by atoms with Crippen LogP contribution in [0, 0.1) is 12.8 Å². The number of hydrogen-bond donors (Lipinski definition) is 2. The standard InChI is InChI=1S/C17H23N5/c1-9(2)15-20-16(18)22-17(21-15)19-14-11(4)8-12-6-5-10(3)7-13(12)14/h5-7,9,11,14H,8H2,1-4H3,(H3,18,19,20,21,22)/t11-,14+/m0/s1. The molecular formula is C17H23N5. The molecule has 0 saturated carbocycles. The molecule has 2 aromatic rings. The Hall–Kier alpha value is -2.17. The molecule has 5 nitrogen and oxygen atoms in total. The van der Waals surface area contributed by atoms with E-state index in [1.54, 1.807) is 0 Å². The van der Waals surface area contributed by atoms with Gasteiger partial charge in [0.25, 0.3) is 0 Å². The molecule has 22 heavy (non-hydrogen) atoms. The summed E-state index contributed by atoms with van der Waals surface area (Å²) < 4.78 is 0. The molecule has 0 spiro atoms. The molecule has 0 unspecified atom stereocenters. The predicted octanol–water partition coefficient (Wildman–Crippen LogP) is 3.23. The van der Waals surface area contributed by atoms with E-state index in [0.29, 0.717) is 11.9 Å². The van der Waals surface area contributed by atoms with E-state index >= 15 is 0 Å². The number of nitrogens with two attached hydrogens (primary N) is 1. The highest BCUT2D eigenvalue weighted by Gasteiger charge is 2.30. The number of benzene rings is 1. The third-order valence-electron chi connectivity index (χ3n) is 4.22. The molecule has 0 amide bonds. The van der Waals surface area contributed by atoms with Gasteiger partial charge in [0.05, 0.1) is 6.04 Å². The van der Waals surface area contributed by atoms with Gasteiger partial charge in [-0.2, -0.15) is 15.0 Å². The molecule has 0 radical (unpaired) electrons. The van der Waals surface area contributed by atoms with E-state index in [4.69, 9.17) is 5.73 Å². The van der Waals surface area contributed by atoms with Crippen molar-refractivity contribution in [3.63, 3.8) is 0 Å². The molecule has 0 fully saturated rings. The number of nitrogens with zero attached hydrogens (tertiary/aromatic N) is 3. The highest BCUT2D eigenvalue weighted by Crippen LogP contribution is 2.38. The molecule has 1 aromatic heterocycles. The largest absolute Gasteiger partial charge is 0.368 e. The second-order valence-corrected chi connectivity index (χ2v) is 6.54. The summed E-state index contributed by atoms with van der Waals surface area (Å²) in [6, 6.07) is 6.87. The lowest BCUT2D eigenvalue weighted by Crippen LogP contribution is -2.18. The van der Waals surface area contributed by atoms with Crippen molar-refractivity contribution in [1.29, 1.82) is 0 Å². The first-order valence-corrected chi connectivity index (χ1v) is 7.81. The van der Waals surface area contributed by atoms with Gasteiger partial charge >= 0.3 is 0 Å². The second kappa shape index (κ2) is 5.55. The van der Waals surface area contributed by atoms with Gasteiger partial charge in [0, 0.05) is 5.92 Å². The number of aromatic nitrogens is 3. The smallest absolute Gasteiger partial charge is 0.228 e. The SMILES string of the molecule is Cc1ccc2c(c1)[C@H](Nc1nc(N)nc(C(C)C)n1)[C@@H](C)C2. The van der Waals surface area contributed by atoms with Gasteiger partial charge < -0.3 is 11.1 Å². The van der Waals surface area contributed by atoms with Crippen LogP contribution in [0.4, 0.5) is 11.9 Å². The van der Waals surface area contributed by atoms with Gasteiger partial charge in [0.2, 0.25) is 11.9 Å². The summed E-state index contributed by atoms with van der Waals surface area (Å²) in [6.45, 7) is 8.48. The van der Waals surface area contributed by atoms with Gasteiger partial charge in [0.1, 0.15) is 5.82 Å². The van der Waals surface area contributed by atoms with Crippen molar-refractivity contribution in [2.75, 3.05) is 11.1 Å². The van der Waals surface area contributed by atoms with E-state index in [1.807, 2.05) is 0 Å². The zero-order valence-electron chi connectivity index (χ0n) is 13.6. The zero-order chi connectivity index (χ0) is 15.9. The Morgan fingerprint density at radius 2 is 2.00 bits per heavy atom. The second-order valence-electron chi connectivity index (χ2n) is 6.54. The number of aryl methyl sites for hydroxylation is 1. The summed E-state index contributed by atoms with van der Waals surface area (Å²) in [6.07, 6.45) is 1.07. The fraction of sp³-hybridized carbons (Fsp3) is 0.471. The molecule has 3 rings (SSSR count). The van der Waals surface area contributed by atoms with E-state index in [9.17, 15) is 0 Å². The van der Waals surface area contributed by atoms with Crippen molar-refractivity contribution in [2.24, 2.45) is 5.92 Å². The summed E-state index contributed by atoms with van der Waals surface area (Å²) in [5, 5.41) is 3.47. The third-order valence-corrected chi connectivity index (χ3v) is 4.22. The van der Waals surface area contributed by atoms with Crippen LogP contribution in [0.3, 0.4) is 0 Å². The number of nitrogens with one attached hydrogen (secondary N) is 1. The van der Waals surface area contributed by atoms with Crippen molar-refractivity contribution < 1.29 is 0 Å². The Morgan fingerprint density at radius 1 is 1.23 bits per heavy atom. The minimum absolute atomic E-state index is 0.219. The topological polar surface area (TPSA) is 76.7 Å². The van der Waals surface area contributed by atoms with E-state index in [0.717, 1.165) is 12.2 Å². The van der Waals surface area contributed by atoms with Gasteiger partial charge in [-0.25, -0.2) is 0 Å². The molecule has 2 atom stereocenters. The van der Waals surface area contributed by atoms with Crippen LogP contribution in [-0.2, 0) is 6.42 Å². The highest BCUT2D eigenvalue weighted by molar-refractivity contribution is 5.44. The summed E-state index contributed by atoms with van der Waals surface area (Å²) in [7, 11) is 0. The maximum absolute atomic E-state index is 5.82. The van der Waals surface area contributed by atoms with Gasteiger partial charge in [-0.15, -0.1) is 0 Å². The van der Waals surface area contributed by atoms with E-state index < -0.39 is 0 Å². The van der Waals surface area contributed by atoms with Crippen molar-refractivity contribution in [1.82, 2.24) is 15.0 Å². The molecular weight excluding hydrogens is 274 g/mol. The minimum atomic E-state index is 0.219. The number of rotatable bonds is 3. The third kappa shape index (κ3) is 2.75. The monoisotopic (exact) mass is 297 g/mol. The molecule has 1 heterocycles. The number of nitrogen functional groups attached to an aromatic ring is 1. The quantitative estimate of drug-likeness (QED) is 0.909. The zero-order valence-corrected chi connectivity index (χ0v) is 13.6. The lowest BCUT2D eigenvalue weighted by Gasteiger charge is -2.19. The Kier molecular flexibility index (Phi) is 3.72. The molecule has 0 saturated heterocycles. The molecule has 5 heteroatoms. The Morgan fingerprint density at radius 3 is 2.73 bits per heavy atom. The summed E-state index contributed by atoms with van der Waals surface area (Å²) in [5.74, 6) is 2.29. The Bertz CT molecular complexity index is 695. The van der Waals surface area contributed by atoms with Gasteiger partial charge in [-0.05, 0) is 30.4 Å². The lowest BCUT2D eigenvalue weighted by atomic mass is 10.0. The predicted molar refractivity (Wildman–Crippen MR) is 88.7 cm³/mol. The van der Waals surface area contributed by atoms with Gasteiger partial charge in [0.15, 0.2) is 0 Å². The van der Waals surface area contributed by atoms with Crippen LogP contribution >= 0.6 is 0 Å². The van der Waals surface area contributed by atoms with Gasteiger partial charge in [-0.3, -0.25) is 0 Å². The van der Waals surface area contributed by atoms with Crippen molar-refractivity contribution in [3.05, 3.63) is 40.7 Å². The molecule has 3 N–H and O–H groups in total. The van der Waals surface area contributed by atoms with Crippen LogP contribution in [0.1, 0.15) is 55.2 Å². The molecule has 0 aliphatic heterocycles. The first-order chi connectivity index (χ1) is 10.4. The average molecular weight is 297 g/mol. The molecule has 0 bridgehead atoms. The van der Waals surface area contributed by atoms with Gasteiger partial charge in [-0.1, -0.05) is 44.5 Å². The summed E-state index contributed by atoms with van der Waals surface area (Å²) >= 11 is 0. The van der Waals surface area contributed by atoms with Crippen molar-refractivity contribution >= 4 is 11.9 Å². The van der Waals surface area contributed by atoms with Crippen LogP contribution in [0.2, 0.25) is 0 Å². The number of anilines is 2. The van der Waals surface area contributed by atoms with Crippen molar-refractivity contribution in [3.8, 4) is 0 Å². The van der Waals surface area contributed by atoms with Crippen LogP contribution < -0.4 is 11.1 Å². The fourth-order valence-electron chi connectivity index (χ4n) is 3.05. The fourth-order valence-corrected chi connectivity index (χ4v) is 3.05.